The molecular weight excluding hydrogens is 635 g/mol. The molecule has 210 valence electrons. The van der Waals surface area contributed by atoms with Crippen LogP contribution in [0.4, 0.5) is 11.4 Å². The van der Waals surface area contributed by atoms with Crippen molar-refractivity contribution in [1.29, 1.82) is 0 Å². The molecule has 0 saturated carbocycles. The topological polar surface area (TPSA) is 8.17 Å². The van der Waals surface area contributed by atoms with Crippen LogP contribution in [0.3, 0.4) is 0 Å². The first-order chi connectivity index (χ1) is 21.1. The predicted octanol–water partition coefficient (Wildman–Crippen LogP) is 10.8. The number of allylic oxidation sites excluding steroid dienone is 4. The Labute approximate surface area is 267 Å². The number of fused-ring (bicyclic) bond motifs is 6. The molecule has 0 radical (unpaired) electrons. The first kappa shape index (κ1) is 26.5. The number of benzene rings is 5. The van der Waals surface area contributed by atoms with Crippen molar-refractivity contribution in [1.82, 2.24) is 4.57 Å². The summed E-state index contributed by atoms with van der Waals surface area (Å²) in [5, 5.41) is 2.56. The van der Waals surface area contributed by atoms with Gasteiger partial charge >= 0.3 is 0 Å². The van der Waals surface area contributed by atoms with Gasteiger partial charge in [0.25, 0.3) is 0 Å². The maximum absolute atomic E-state index is 2.59. The van der Waals surface area contributed by atoms with E-state index < -0.39 is 0 Å². The lowest BCUT2D eigenvalue weighted by Gasteiger charge is -2.29. The number of halogens is 1. The lowest BCUT2D eigenvalue weighted by atomic mass is 9.77. The van der Waals surface area contributed by atoms with Gasteiger partial charge < -0.3 is 9.47 Å². The molecule has 5 aromatic carbocycles. The largest absolute Gasteiger partial charge is 0.345 e. The number of anilines is 2. The van der Waals surface area contributed by atoms with Gasteiger partial charge in [0.15, 0.2) is 0 Å². The van der Waals surface area contributed by atoms with Crippen LogP contribution in [0.1, 0.15) is 36.0 Å². The third-order valence-electron chi connectivity index (χ3n) is 9.72. The van der Waals surface area contributed by atoms with Gasteiger partial charge in [-0.05, 0) is 83.3 Å². The molecule has 6 aromatic rings. The van der Waals surface area contributed by atoms with Gasteiger partial charge in [0.2, 0.25) is 0 Å². The molecule has 0 N–H and O–H groups in total. The molecule has 0 amide bonds. The van der Waals surface area contributed by atoms with Gasteiger partial charge in [-0.2, -0.15) is 0 Å². The standard InChI is InChI=1S/C40H33IN2/c1-40(26-41)36-16-10-9-15-32(36)33-20-17-28(24-37(33)40)27-18-21-38-34(23-27)35-25-31(42(2)29-11-5-3-6-12-29)19-22-39(35)43(38)30-13-7-4-8-14-30/h3-19,21-25,33H,20,26H2,1-2H3. The van der Waals surface area contributed by atoms with Crippen molar-refractivity contribution in [2.45, 2.75) is 24.7 Å². The highest BCUT2D eigenvalue weighted by atomic mass is 127. The zero-order chi connectivity index (χ0) is 29.1. The predicted molar refractivity (Wildman–Crippen MR) is 191 cm³/mol. The third-order valence-corrected chi connectivity index (χ3v) is 11.2. The molecule has 0 bridgehead atoms. The van der Waals surface area contributed by atoms with Crippen LogP contribution in [0.25, 0.3) is 33.1 Å². The number of alkyl halides is 1. The number of aromatic nitrogens is 1. The van der Waals surface area contributed by atoms with E-state index in [0.29, 0.717) is 5.92 Å². The van der Waals surface area contributed by atoms with Crippen molar-refractivity contribution in [2.24, 2.45) is 0 Å². The molecule has 1 heterocycles. The number of nitrogens with zero attached hydrogens (tertiary/aromatic N) is 2. The first-order valence-electron chi connectivity index (χ1n) is 15.1. The van der Waals surface area contributed by atoms with E-state index in [1.54, 1.807) is 5.57 Å². The first-order valence-corrected chi connectivity index (χ1v) is 16.6. The highest BCUT2D eigenvalue weighted by Crippen LogP contribution is 2.55. The van der Waals surface area contributed by atoms with E-state index in [2.05, 4.69) is 180 Å². The fourth-order valence-electron chi connectivity index (χ4n) is 7.40. The molecule has 2 unspecified atom stereocenters. The van der Waals surface area contributed by atoms with E-state index >= 15 is 0 Å². The Morgan fingerprint density at radius 3 is 2.21 bits per heavy atom. The van der Waals surface area contributed by atoms with Crippen LogP contribution in [-0.4, -0.2) is 16.0 Å². The van der Waals surface area contributed by atoms with Gasteiger partial charge in [-0.3, -0.25) is 0 Å². The highest BCUT2D eigenvalue weighted by Gasteiger charge is 2.44. The minimum absolute atomic E-state index is 0.0751. The molecule has 0 spiro atoms. The van der Waals surface area contributed by atoms with Crippen LogP contribution in [0.2, 0.25) is 0 Å². The summed E-state index contributed by atoms with van der Waals surface area (Å²) in [4.78, 5) is 2.27. The van der Waals surface area contributed by atoms with Crippen LogP contribution in [0, 0.1) is 0 Å². The Kier molecular flexibility index (Phi) is 6.34. The van der Waals surface area contributed by atoms with Crippen LogP contribution in [0.5, 0.6) is 0 Å². The second-order valence-corrected chi connectivity index (χ2v) is 12.9. The van der Waals surface area contributed by atoms with Gasteiger partial charge in [-0.1, -0.05) is 114 Å². The quantitative estimate of drug-likeness (QED) is 0.131. The molecule has 0 saturated heterocycles. The summed E-state index contributed by atoms with van der Waals surface area (Å²) in [7, 11) is 2.15. The Morgan fingerprint density at radius 1 is 0.767 bits per heavy atom. The fraction of sp³-hybridized carbons (Fsp3) is 0.150. The molecule has 2 atom stereocenters. The number of rotatable bonds is 5. The van der Waals surface area contributed by atoms with Crippen molar-refractivity contribution >= 4 is 61.3 Å². The number of para-hydroxylation sites is 2. The normalized spacial score (nSPS) is 19.2. The van der Waals surface area contributed by atoms with Gasteiger partial charge in [0, 0.05) is 50.6 Å². The molecule has 1 aromatic heterocycles. The van der Waals surface area contributed by atoms with Gasteiger partial charge in [-0.15, -0.1) is 0 Å². The third kappa shape index (κ3) is 4.12. The van der Waals surface area contributed by atoms with Gasteiger partial charge in [0.1, 0.15) is 0 Å². The second-order valence-electron chi connectivity index (χ2n) is 12.1. The highest BCUT2D eigenvalue weighted by molar-refractivity contribution is 14.1. The van der Waals surface area contributed by atoms with Crippen LogP contribution < -0.4 is 4.90 Å². The molecule has 3 heteroatoms. The lowest BCUT2D eigenvalue weighted by molar-refractivity contribution is 0.632. The number of hydrogen-bond acceptors (Lipinski definition) is 1. The lowest BCUT2D eigenvalue weighted by Crippen LogP contribution is -2.24. The summed E-state index contributed by atoms with van der Waals surface area (Å²) in [5.74, 6) is 0.486. The van der Waals surface area contributed by atoms with E-state index in [9.17, 15) is 0 Å². The summed E-state index contributed by atoms with van der Waals surface area (Å²) in [5.41, 5.74) is 13.3. The van der Waals surface area contributed by atoms with E-state index in [-0.39, 0.29) is 5.41 Å². The van der Waals surface area contributed by atoms with Gasteiger partial charge in [-0.25, -0.2) is 0 Å². The Morgan fingerprint density at radius 2 is 1.44 bits per heavy atom. The van der Waals surface area contributed by atoms with Crippen LogP contribution >= 0.6 is 22.6 Å². The Balaban J connectivity index is 1.29. The van der Waals surface area contributed by atoms with Crippen LogP contribution in [0.15, 0.2) is 139 Å². The van der Waals surface area contributed by atoms with E-state index in [1.807, 2.05) is 0 Å². The second kappa shape index (κ2) is 10.3. The fourth-order valence-corrected chi connectivity index (χ4v) is 8.25. The molecule has 2 nitrogen and oxygen atoms in total. The van der Waals surface area contributed by atoms with Crippen molar-refractivity contribution in [3.63, 3.8) is 0 Å². The molecule has 0 fully saturated rings. The van der Waals surface area contributed by atoms with Crippen molar-refractivity contribution in [3.05, 3.63) is 156 Å². The maximum atomic E-state index is 2.59. The molecule has 8 rings (SSSR count). The average molecular weight is 669 g/mol. The SMILES string of the molecule is CN(c1ccccc1)c1ccc2c(c1)c1cc(C3=CCC4C(=C3)C(C)(CI)c3ccccc34)ccc1n2-c1ccccc1. The smallest absolute Gasteiger partial charge is 0.0542 e. The summed E-state index contributed by atoms with van der Waals surface area (Å²) < 4.78 is 3.49. The van der Waals surface area contributed by atoms with Crippen LogP contribution in [-0.2, 0) is 5.41 Å². The monoisotopic (exact) mass is 668 g/mol. The number of hydrogen-bond donors (Lipinski definition) is 0. The minimum Gasteiger partial charge on any atom is -0.345 e. The Hall–Kier alpha value is -4.09. The van der Waals surface area contributed by atoms with E-state index in [4.69, 9.17) is 0 Å². The zero-order valence-electron chi connectivity index (χ0n) is 24.5. The summed E-state index contributed by atoms with van der Waals surface area (Å²) >= 11 is 2.59. The molecule has 2 aliphatic rings. The molecule has 0 aliphatic heterocycles. The van der Waals surface area contributed by atoms with Gasteiger partial charge in [0.05, 0.1) is 11.0 Å². The van der Waals surface area contributed by atoms with E-state index in [0.717, 1.165) is 10.8 Å². The molecule has 43 heavy (non-hydrogen) atoms. The molecule has 2 aliphatic carbocycles. The Bertz CT molecular complexity index is 2070. The average Bonchev–Trinajstić information content (AvgIpc) is 3.54. The summed E-state index contributed by atoms with van der Waals surface area (Å²) in [6.45, 7) is 2.44. The van der Waals surface area contributed by atoms with Crippen molar-refractivity contribution in [3.8, 4) is 5.69 Å². The van der Waals surface area contributed by atoms with Crippen molar-refractivity contribution in [2.75, 3.05) is 16.4 Å². The maximum Gasteiger partial charge on any atom is 0.0542 e. The zero-order valence-corrected chi connectivity index (χ0v) is 26.6. The molecular formula is C40H33IN2. The summed E-state index contributed by atoms with van der Waals surface area (Å²) in [6, 6.07) is 44.4. The van der Waals surface area contributed by atoms with Crippen molar-refractivity contribution < 1.29 is 0 Å². The van der Waals surface area contributed by atoms with E-state index in [1.165, 1.54) is 61.1 Å². The minimum atomic E-state index is 0.0751. The summed E-state index contributed by atoms with van der Waals surface area (Å²) in [6.07, 6.45) is 6.04.